The summed E-state index contributed by atoms with van der Waals surface area (Å²) in [4.78, 5) is 57.2. The number of ether oxygens (including phenoxy) is 5. The average molecular weight is 389 g/mol. The molecule has 1 heterocycles. The first kappa shape index (κ1) is 22.4. The van der Waals surface area contributed by atoms with Crippen molar-refractivity contribution in [1.29, 1.82) is 0 Å². The first-order valence-corrected chi connectivity index (χ1v) is 8.08. The van der Waals surface area contributed by atoms with Crippen LogP contribution in [-0.2, 0) is 47.7 Å². The number of rotatable bonds is 6. The van der Waals surface area contributed by atoms with E-state index >= 15 is 0 Å². The molecule has 1 aliphatic heterocycles. The summed E-state index contributed by atoms with van der Waals surface area (Å²) in [6, 6.07) is -1.16. The van der Waals surface area contributed by atoms with E-state index in [0.29, 0.717) is 0 Å². The molecule has 1 N–H and O–H groups in total. The van der Waals surface area contributed by atoms with E-state index in [-0.39, 0.29) is 6.61 Å². The molecule has 5 atom stereocenters. The van der Waals surface area contributed by atoms with E-state index < -0.39 is 60.4 Å². The van der Waals surface area contributed by atoms with E-state index in [1.807, 2.05) is 0 Å². The molecular weight excluding hydrogens is 366 g/mol. The molecule has 1 amide bonds. The van der Waals surface area contributed by atoms with Crippen LogP contribution in [0.2, 0.25) is 0 Å². The maximum Gasteiger partial charge on any atom is 0.305 e. The van der Waals surface area contributed by atoms with E-state index in [9.17, 15) is 24.0 Å². The molecule has 27 heavy (non-hydrogen) atoms. The molecule has 0 saturated carbocycles. The van der Waals surface area contributed by atoms with E-state index in [2.05, 4.69) is 5.32 Å². The molecule has 0 radical (unpaired) electrons. The van der Waals surface area contributed by atoms with Gasteiger partial charge in [-0.1, -0.05) is 0 Å². The minimum absolute atomic E-state index is 0.365. The van der Waals surface area contributed by atoms with Gasteiger partial charge in [0.1, 0.15) is 18.8 Å². The maximum absolute atomic E-state index is 11.6. The van der Waals surface area contributed by atoms with Crippen LogP contribution in [0, 0.1) is 0 Å². The van der Waals surface area contributed by atoms with Gasteiger partial charge in [-0.15, -0.1) is 0 Å². The van der Waals surface area contributed by atoms with Gasteiger partial charge in [-0.2, -0.15) is 0 Å². The van der Waals surface area contributed by atoms with Crippen LogP contribution in [0.1, 0.15) is 34.6 Å². The second-order valence-electron chi connectivity index (χ2n) is 5.83. The lowest BCUT2D eigenvalue weighted by Crippen LogP contribution is -2.66. The first-order chi connectivity index (χ1) is 12.5. The standard InChI is InChI=1S/C16H23NO10/c1-7(18)17-13-15(25-10(4)21)14(24-9(3)20)12(6-23-8(2)19)27-16(13)26-11(5)22/h12-16H,6H2,1-5H3,(H,17,18)/t12-,13-,14+,15+,16+/m1/s1. The van der Waals surface area contributed by atoms with Gasteiger partial charge in [0.25, 0.3) is 0 Å². The Bertz CT molecular complexity index is 604. The van der Waals surface area contributed by atoms with E-state index in [1.54, 1.807) is 0 Å². The van der Waals surface area contributed by atoms with Crippen molar-refractivity contribution in [3.05, 3.63) is 0 Å². The molecule has 0 unspecified atom stereocenters. The van der Waals surface area contributed by atoms with Gasteiger partial charge < -0.3 is 29.0 Å². The van der Waals surface area contributed by atoms with Crippen LogP contribution < -0.4 is 5.32 Å². The maximum atomic E-state index is 11.6. The SMILES string of the molecule is CC(=O)N[C@H]1[C@@H](OC(C)=O)O[C@H](COC(C)=O)[C@H](OC(C)=O)[C@H]1OC(C)=O. The Morgan fingerprint density at radius 1 is 0.778 bits per heavy atom. The predicted octanol–water partition coefficient (Wildman–Crippen LogP) is -0.794. The Labute approximate surface area is 155 Å². The highest BCUT2D eigenvalue weighted by atomic mass is 16.7. The van der Waals surface area contributed by atoms with Crippen LogP contribution in [0.15, 0.2) is 0 Å². The second kappa shape index (κ2) is 9.86. The Kier molecular flexibility index (Phi) is 8.16. The molecule has 0 aromatic rings. The van der Waals surface area contributed by atoms with Crippen molar-refractivity contribution in [2.45, 2.75) is 65.3 Å². The van der Waals surface area contributed by atoms with Crippen molar-refractivity contribution in [3.8, 4) is 0 Å². The third kappa shape index (κ3) is 7.21. The van der Waals surface area contributed by atoms with Crippen LogP contribution >= 0.6 is 0 Å². The van der Waals surface area contributed by atoms with Crippen molar-refractivity contribution in [1.82, 2.24) is 5.32 Å². The first-order valence-electron chi connectivity index (χ1n) is 8.08. The highest BCUT2D eigenvalue weighted by Crippen LogP contribution is 2.28. The summed E-state index contributed by atoms with van der Waals surface area (Å²) in [7, 11) is 0. The minimum Gasteiger partial charge on any atom is -0.463 e. The number of amides is 1. The Balaban J connectivity index is 3.29. The van der Waals surface area contributed by atoms with Crippen LogP contribution in [0.4, 0.5) is 0 Å². The van der Waals surface area contributed by atoms with E-state index in [1.165, 1.54) is 6.92 Å². The number of hydrogen-bond acceptors (Lipinski definition) is 10. The predicted molar refractivity (Wildman–Crippen MR) is 85.8 cm³/mol. The Morgan fingerprint density at radius 2 is 1.30 bits per heavy atom. The minimum atomic E-state index is -1.37. The zero-order chi connectivity index (χ0) is 20.7. The quantitative estimate of drug-likeness (QED) is 0.453. The molecular formula is C16H23NO10. The third-order valence-electron chi connectivity index (χ3n) is 3.35. The lowest BCUT2D eigenvalue weighted by Gasteiger charge is -2.44. The fourth-order valence-electron chi connectivity index (χ4n) is 2.55. The second-order valence-corrected chi connectivity index (χ2v) is 5.83. The summed E-state index contributed by atoms with van der Waals surface area (Å²) in [5.41, 5.74) is 0. The fourth-order valence-corrected chi connectivity index (χ4v) is 2.55. The largest absolute Gasteiger partial charge is 0.463 e. The molecule has 0 aromatic heterocycles. The van der Waals surface area contributed by atoms with Gasteiger partial charge in [-0.05, 0) is 0 Å². The number of hydrogen-bond donors (Lipinski definition) is 1. The summed E-state index contributed by atoms with van der Waals surface area (Å²) < 4.78 is 25.9. The van der Waals surface area contributed by atoms with Gasteiger partial charge in [-0.3, -0.25) is 24.0 Å². The monoisotopic (exact) mass is 389 g/mol. The van der Waals surface area contributed by atoms with Crippen molar-refractivity contribution in [2.24, 2.45) is 0 Å². The van der Waals surface area contributed by atoms with Gasteiger partial charge in [0.15, 0.2) is 12.2 Å². The van der Waals surface area contributed by atoms with Crippen molar-refractivity contribution >= 4 is 29.8 Å². The zero-order valence-electron chi connectivity index (χ0n) is 15.7. The molecule has 11 nitrogen and oxygen atoms in total. The molecule has 152 valence electrons. The van der Waals surface area contributed by atoms with Gasteiger partial charge in [-0.25, -0.2) is 0 Å². The number of nitrogens with one attached hydrogen (secondary N) is 1. The number of carbonyl (C=O) groups is 5. The molecule has 1 saturated heterocycles. The van der Waals surface area contributed by atoms with Gasteiger partial charge >= 0.3 is 23.9 Å². The summed E-state index contributed by atoms with van der Waals surface area (Å²) >= 11 is 0. The summed E-state index contributed by atoms with van der Waals surface area (Å²) in [5.74, 6) is -3.34. The third-order valence-corrected chi connectivity index (χ3v) is 3.35. The zero-order valence-corrected chi connectivity index (χ0v) is 15.7. The normalized spacial score (nSPS) is 27.1. The highest BCUT2D eigenvalue weighted by molar-refractivity contribution is 5.74. The lowest BCUT2D eigenvalue weighted by atomic mass is 9.96. The van der Waals surface area contributed by atoms with Crippen LogP contribution in [0.25, 0.3) is 0 Å². The van der Waals surface area contributed by atoms with Crippen molar-refractivity contribution in [2.75, 3.05) is 6.61 Å². The lowest BCUT2D eigenvalue weighted by molar-refractivity contribution is -0.270. The molecule has 1 fully saturated rings. The fraction of sp³-hybridized carbons (Fsp3) is 0.688. The molecule has 0 bridgehead atoms. The average Bonchev–Trinajstić information content (AvgIpc) is 2.49. The molecule has 0 spiro atoms. The van der Waals surface area contributed by atoms with Crippen LogP contribution in [0.5, 0.6) is 0 Å². The molecule has 0 aliphatic carbocycles. The van der Waals surface area contributed by atoms with Gasteiger partial charge in [0.05, 0.1) is 0 Å². The Hall–Kier alpha value is -2.69. The van der Waals surface area contributed by atoms with E-state index in [0.717, 1.165) is 27.7 Å². The molecule has 1 aliphatic rings. The van der Waals surface area contributed by atoms with Gasteiger partial charge in [0, 0.05) is 34.6 Å². The topological polar surface area (TPSA) is 144 Å². The summed E-state index contributed by atoms with van der Waals surface area (Å²) in [6.45, 7) is 5.36. The smallest absolute Gasteiger partial charge is 0.305 e. The molecule has 1 rings (SSSR count). The highest BCUT2D eigenvalue weighted by Gasteiger charge is 2.52. The van der Waals surface area contributed by atoms with Crippen LogP contribution in [-0.4, -0.2) is 67.0 Å². The number of esters is 4. The number of carbonyl (C=O) groups excluding carboxylic acids is 5. The summed E-state index contributed by atoms with van der Waals surface area (Å²) in [5, 5.41) is 2.46. The molecule has 11 heteroatoms. The van der Waals surface area contributed by atoms with Crippen LogP contribution in [0.3, 0.4) is 0 Å². The molecule has 0 aromatic carbocycles. The van der Waals surface area contributed by atoms with E-state index in [4.69, 9.17) is 23.7 Å². The summed E-state index contributed by atoms with van der Waals surface area (Å²) in [6.07, 6.45) is -4.97. The van der Waals surface area contributed by atoms with Crippen molar-refractivity contribution < 1.29 is 47.7 Å². The Morgan fingerprint density at radius 3 is 1.74 bits per heavy atom. The van der Waals surface area contributed by atoms with Crippen molar-refractivity contribution in [3.63, 3.8) is 0 Å². The van der Waals surface area contributed by atoms with Gasteiger partial charge in [0.2, 0.25) is 12.2 Å².